The Morgan fingerprint density at radius 3 is 2.57 bits per heavy atom. The molecule has 0 bridgehead atoms. The van der Waals surface area contributed by atoms with Crippen LogP contribution in [0.3, 0.4) is 0 Å². The standard InChI is InChI=1S/C17H21BrN4O/c1-21(2)15-7-5-4-6-13(15)11-22(3)12-17(23)20-16-9-8-14(18)10-19-16/h4-10H,11-12H2,1-3H3,(H,19,20,23). The number of pyridine rings is 1. The summed E-state index contributed by atoms with van der Waals surface area (Å²) in [6, 6.07) is 11.8. The first-order valence-electron chi connectivity index (χ1n) is 7.31. The molecule has 122 valence electrons. The van der Waals surface area contributed by atoms with Gasteiger partial charge in [0.1, 0.15) is 5.82 Å². The van der Waals surface area contributed by atoms with Crippen LogP contribution in [-0.4, -0.2) is 43.5 Å². The number of aromatic nitrogens is 1. The second-order valence-corrected chi connectivity index (χ2v) is 6.52. The van der Waals surface area contributed by atoms with E-state index in [9.17, 15) is 4.79 Å². The smallest absolute Gasteiger partial charge is 0.239 e. The highest BCUT2D eigenvalue weighted by molar-refractivity contribution is 9.10. The predicted octanol–water partition coefficient (Wildman–Crippen LogP) is 2.98. The average Bonchev–Trinajstić information content (AvgIpc) is 2.49. The monoisotopic (exact) mass is 376 g/mol. The second kappa shape index (κ2) is 8.08. The SMILES string of the molecule is CN(CC(=O)Nc1ccc(Br)cn1)Cc1ccccc1N(C)C. The van der Waals surface area contributed by atoms with Crippen LogP contribution in [0.25, 0.3) is 0 Å². The number of halogens is 1. The number of carbonyl (C=O) groups excluding carboxylic acids is 1. The zero-order valence-electron chi connectivity index (χ0n) is 13.6. The zero-order chi connectivity index (χ0) is 16.8. The molecule has 1 N–H and O–H groups in total. The Bertz CT molecular complexity index is 658. The van der Waals surface area contributed by atoms with E-state index in [0.29, 0.717) is 18.9 Å². The number of nitrogens with zero attached hydrogens (tertiary/aromatic N) is 3. The summed E-state index contributed by atoms with van der Waals surface area (Å²) in [5.41, 5.74) is 2.35. The summed E-state index contributed by atoms with van der Waals surface area (Å²) in [5, 5.41) is 2.80. The van der Waals surface area contributed by atoms with Gasteiger partial charge >= 0.3 is 0 Å². The van der Waals surface area contributed by atoms with Crippen molar-refractivity contribution in [2.75, 3.05) is 37.9 Å². The van der Waals surface area contributed by atoms with Crippen molar-refractivity contribution in [2.45, 2.75) is 6.54 Å². The van der Waals surface area contributed by atoms with Gasteiger partial charge in [-0.25, -0.2) is 4.98 Å². The summed E-state index contributed by atoms with van der Waals surface area (Å²) in [7, 11) is 5.97. The van der Waals surface area contributed by atoms with Crippen molar-refractivity contribution < 1.29 is 4.79 Å². The van der Waals surface area contributed by atoms with Gasteiger partial charge in [-0.05, 0) is 46.7 Å². The van der Waals surface area contributed by atoms with E-state index in [0.717, 1.165) is 10.2 Å². The Morgan fingerprint density at radius 2 is 1.91 bits per heavy atom. The lowest BCUT2D eigenvalue weighted by molar-refractivity contribution is -0.117. The third-order valence-electron chi connectivity index (χ3n) is 3.32. The van der Waals surface area contributed by atoms with Crippen molar-refractivity contribution in [1.82, 2.24) is 9.88 Å². The molecule has 0 spiro atoms. The Hall–Kier alpha value is -1.92. The highest BCUT2D eigenvalue weighted by atomic mass is 79.9. The molecule has 2 rings (SSSR count). The number of anilines is 2. The first kappa shape index (κ1) is 17.4. The third kappa shape index (κ3) is 5.33. The number of rotatable bonds is 6. The van der Waals surface area contributed by atoms with Gasteiger partial charge in [0.25, 0.3) is 0 Å². The molecule has 23 heavy (non-hydrogen) atoms. The molecule has 0 atom stereocenters. The molecule has 0 aliphatic carbocycles. The summed E-state index contributed by atoms with van der Waals surface area (Å²) >= 11 is 3.32. The molecule has 0 radical (unpaired) electrons. The lowest BCUT2D eigenvalue weighted by Crippen LogP contribution is -2.30. The average molecular weight is 377 g/mol. The number of benzene rings is 1. The fourth-order valence-electron chi connectivity index (χ4n) is 2.30. The van der Waals surface area contributed by atoms with E-state index in [1.807, 2.05) is 44.2 Å². The maximum absolute atomic E-state index is 12.1. The summed E-state index contributed by atoms with van der Waals surface area (Å²) in [6.45, 7) is 1.01. The van der Waals surface area contributed by atoms with E-state index >= 15 is 0 Å². The van der Waals surface area contributed by atoms with Crippen LogP contribution < -0.4 is 10.2 Å². The van der Waals surface area contributed by atoms with E-state index < -0.39 is 0 Å². The van der Waals surface area contributed by atoms with Crippen molar-refractivity contribution in [3.8, 4) is 0 Å². The van der Waals surface area contributed by atoms with Crippen LogP contribution in [0.4, 0.5) is 11.5 Å². The predicted molar refractivity (Wildman–Crippen MR) is 97.7 cm³/mol. The molecule has 0 aliphatic heterocycles. The van der Waals surface area contributed by atoms with Crippen LogP contribution in [0.1, 0.15) is 5.56 Å². The number of nitrogens with one attached hydrogen (secondary N) is 1. The van der Waals surface area contributed by atoms with Gasteiger partial charge in [0.2, 0.25) is 5.91 Å². The molecule has 1 aromatic carbocycles. The van der Waals surface area contributed by atoms with Gasteiger partial charge in [-0.3, -0.25) is 9.69 Å². The van der Waals surface area contributed by atoms with Gasteiger partial charge in [-0.1, -0.05) is 18.2 Å². The minimum absolute atomic E-state index is 0.0790. The van der Waals surface area contributed by atoms with Crippen LogP contribution in [0.15, 0.2) is 47.1 Å². The van der Waals surface area contributed by atoms with Crippen LogP contribution in [0, 0.1) is 0 Å². The summed E-state index contributed by atoms with van der Waals surface area (Å²) in [4.78, 5) is 20.3. The van der Waals surface area contributed by atoms with Crippen molar-refractivity contribution in [3.05, 3.63) is 52.6 Å². The third-order valence-corrected chi connectivity index (χ3v) is 3.79. The van der Waals surface area contributed by atoms with Crippen molar-refractivity contribution in [3.63, 3.8) is 0 Å². The maximum Gasteiger partial charge on any atom is 0.239 e. The van der Waals surface area contributed by atoms with Crippen LogP contribution >= 0.6 is 15.9 Å². The van der Waals surface area contributed by atoms with Crippen molar-refractivity contribution >= 4 is 33.3 Å². The fourth-order valence-corrected chi connectivity index (χ4v) is 2.54. The number of para-hydroxylation sites is 1. The topological polar surface area (TPSA) is 48.5 Å². The quantitative estimate of drug-likeness (QED) is 0.841. The molecule has 1 aromatic heterocycles. The molecular weight excluding hydrogens is 356 g/mol. The number of likely N-dealkylation sites (N-methyl/N-ethyl adjacent to an activating group) is 1. The maximum atomic E-state index is 12.1. The number of hydrogen-bond donors (Lipinski definition) is 1. The van der Waals surface area contributed by atoms with Gasteiger partial charge < -0.3 is 10.2 Å². The van der Waals surface area contributed by atoms with Crippen molar-refractivity contribution in [1.29, 1.82) is 0 Å². The molecule has 0 fully saturated rings. The Morgan fingerprint density at radius 1 is 1.17 bits per heavy atom. The summed E-state index contributed by atoms with van der Waals surface area (Å²) < 4.78 is 0.882. The van der Waals surface area contributed by atoms with E-state index in [1.54, 1.807) is 12.3 Å². The summed E-state index contributed by atoms with van der Waals surface area (Å²) in [5.74, 6) is 0.477. The largest absolute Gasteiger partial charge is 0.377 e. The molecule has 1 amide bonds. The van der Waals surface area contributed by atoms with Gasteiger partial charge in [0, 0.05) is 37.0 Å². The number of carbonyl (C=O) groups is 1. The van der Waals surface area contributed by atoms with Crippen LogP contribution in [0.5, 0.6) is 0 Å². The van der Waals surface area contributed by atoms with E-state index in [4.69, 9.17) is 0 Å². The molecule has 0 unspecified atom stereocenters. The highest BCUT2D eigenvalue weighted by Crippen LogP contribution is 2.19. The summed E-state index contributed by atoms with van der Waals surface area (Å²) in [6.07, 6.45) is 1.66. The Balaban J connectivity index is 1.93. The fraction of sp³-hybridized carbons (Fsp3) is 0.294. The van der Waals surface area contributed by atoms with Crippen LogP contribution in [0.2, 0.25) is 0 Å². The second-order valence-electron chi connectivity index (χ2n) is 5.61. The molecule has 0 aliphatic rings. The first-order valence-corrected chi connectivity index (χ1v) is 8.10. The van der Waals surface area contributed by atoms with Gasteiger partial charge in [-0.15, -0.1) is 0 Å². The first-order chi connectivity index (χ1) is 11.0. The molecular formula is C17H21BrN4O. The molecule has 6 heteroatoms. The number of hydrogen-bond acceptors (Lipinski definition) is 4. The molecule has 2 aromatic rings. The molecule has 5 nitrogen and oxygen atoms in total. The molecule has 1 heterocycles. The Kier molecular flexibility index (Phi) is 6.12. The minimum atomic E-state index is -0.0790. The molecule has 0 saturated carbocycles. The van der Waals surface area contributed by atoms with E-state index in [2.05, 4.69) is 43.3 Å². The van der Waals surface area contributed by atoms with Gasteiger partial charge in [-0.2, -0.15) is 0 Å². The zero-order valence-corrected chi connectivity index (χ0v) is 15.2. The van der Waals surface area contributed by atoms with Gasteiger partial charge in [0.05, 0.1) is 6.54 Å². The van der Waals surface area contributed by atoms with E-state index in [1.165, 1.54) is 5.56 Å². The van der Waals surface area contributed by atoms with Gasteiger partial charge in [0.15, 0.2) is 0 Å². The van der Waals surface area contributed by atoms with Crippen molar-refractivity contribution in [2.24, 2.45) is 0 Å². The molecule has 0 saturated heterocycles. The minimum Gasteiger partial charge on any atom is -0.377 e. The van der Waals surface area contributed by atoms with E-state index in [-0.39, 0.29) is 5.91 Å². The normalized spacial score (nSPS) is 10.7. The lowest BCUT2D eigenvalue weighted by Gasteiger charge is -2.21. The Labute approximate surface area is 145 Å². The number of amides is 1. The lowest BCUT2D eigenvalue weighted by atomic mass is 10.1. The van der Waals surface area contributed by atoms with Crippen LogP contribution in [-0.2, 0) is 11.3 Å². The highest BCUT2D eigenvalue weighted by Gasteiger charge is 2.11.